The van der Waals surface area contributed by atoms with Crippen molar-refractivity contribution in [2.24, 2.45) is 10.7 Å². The molecule has 0 atom stereocenters. The molecule has 0 aliphatic heterocycles. The number of carbonyl (C=O) groups is 1. The molecule has 0 fully saturated rings. The minimum absolute atomic E-state index is 0.226. The molecule has 0 aromatic carbocycles. The molecule has 0 saturated heterocycles. The zero-order chi connectivity index (χ0) is 16.5. The second kappa shape index (κ2) is 9.44. The zero-order valence-electron chi connectivity index (χ0n) is 14.1. The largest absolute Gasteiger partial charge is 0.444 e. The summed E-state index contributed by atoms with van der Waals surface area (Å²) in [7, 11) is 1.59. The number of nitrogens with zero attached hydrogens (tertiary/aromatic N) is 2. The van der Waals surface area contributed by atoms with Crippen LogP contribution in [0.1, 0.15) is 34.6 Å². The van der Waals surface area contributed by atoms with Crippen molar-refractivity contribution in [2.45, 2.75) is 46.3 Å². The second-order valence-electron chi connectivity index (χ2n) is 6.03. The van der Waals surface area contributed by atoms with Crippen LogP contribution in [0.3, 0.4) is 0 Å². The highest BCUT2D eigenvalue weighted by atomic mass is 16.6. The summed E-state index contributed by atoms with van der Waals surface area (Å²) < 4.78 is 10.4. The molecule has 0 unspecified atom stereocenters. The molecule has 0 saturated carbocycles. The van der Waals surface area contributed by atoms with Crippen LogP contribution in [0.25, 0.3) is 0 Å². The van der Waals surface area contributed by atoms with Gasteiger partial charge in [0.2, 0.25) is 0 Å². The van der Waals surface area contributed by atoms with Crippen molar-refractivity contribution in [2.75, 3.05) is 33.4 Å². The number of nitrogens with one attached hydrogen (secondary N) is 1. The molecule has 3 N–H and O–H groups in total. The summed E-state index contributed by atoms with van der Waals surface area (Å²) in [5, 5.41) is 3.00. The zero-order valence-corrected chi connectivity index (χ0v) is 14.1. The van der Waals surface area contributed by atoms with E-state index in [9.17, 15) is 4.79 Å². The van der Waals surface area contributed by atoms with Gasteiger partial charge in [0.15, 0.2) is 5.96 Å². The Balaban J connectivity index is 4.45. The molecule has 0 aromatic heterocycles. The Hall–Kier alpha value is -1.50. The lowest BCUT2D eigenvalue weighted by Crippen LogP contribution is -2.41. The Labute approximate surface area is 127 Å². The van der Waals surface area contributed by atoms with Gasteiger partial charge in [-0.05, 0) is 34.6 Å². The number of hydrogen-bond donors (Lipinski definition) is 2. The molecule has 0 aliphatic carbocycles. The molecular formula is C14H30N4O3. The van der Waals surface area contributed by atoms with Crippen molar-refractivity contribution in [1.82, 2.24) is 10.2 Å². The van der Waals surface area contributed by atoms with Gasteiger partial charge < -0.3 is 25.4 Å². The van der Waals surface area contributed by atoms with Gasteiger partial charge in [0.1, 0.15) is 5.60 Å². The average molecular weight is 302 g/mol. The SMILES string of the molecule is COCCN(CCN=C(N)NC(C)C)C(=O)OC(C)(C)C. The number of aliphatic imine (C=N–C) groups is 1. The first-order valence-corrected chi connectivity index (χ1v) is 7.19. The first-order chi connectivity index (χ1) is 9.65. The van der Waals surface area contributed by atoms with Crippen molar-refractivity contribution in [1.29, 1.82) is 0 Å². The number of nitrogens with two attached hydrogens (primary N) is 1. The van der Waals surface area contributed by atoms with Gasteiger partial charge in [-0.15, -0.1) is 0 Å². The third kappa shape index (κ3) is 10.9. The number of rotatable bonds is 7. The summed E-state index contributed by atoms with van der Waals surface area (Å²) in [4.78, 5) is 17.8. The van der Waals surface area contributed by atoms with Crippen molar-refractivity contribution >= 4 is 12.1 Å². The van der Waals surface area contributed by atoms with E-state index in [2.05, 4.69) is 10.3 Å². The lowest BCUT2D eigenvalue weighted by atomic mass is 10.2. The van der Waals surface area contributed by atoms with E-state index in [0.29, 0.717) is 32.2 Å². The first kappa shape index (κ1) is 19.5. The molecule has 0 radical (unpaired) electrons. The van der Waals surface area contributed by atoms with Gasteiger partial charge in [-0.2, -0.15) is 0 Å². The van der Waals surface area contributed by atoms with Crippen LogP contribution in [0.5, 0.6) is 0 Å². The Morgan fingerprint density at radius 1 is 1.33 bits per heavy atom. The Morgan fingerprint density at radius 3 is 2.43 bits per heavy atom. The summed E-state index contributed by atoms with van der Waals surface area (Å²) in [6.07, 6.45) is -0.370. The number of ether oxygens (including phenoxy) is 2. The van der Waals surface area contributed by atoms with Gasteiger partial charge in [-0.25, -0.2) is 4.79 Å². The van der Waals surface area contributed by atoms with Gasteiger partial charge in [0.25, 0.3) is 0 Å². The highest BCUT2D eigenvalue weighted by molar-refractivity contribution is 5.78. The summed E-state index contributed by atoms with van der Waals surface area (Å²) in [5.74, 6) is 0.376. The fourth-order valence-corrected chi connectivity index (χ4v) is 1.45. The summed E-state index contributed by atoms with van der Waals surface area (Å²) in [6.45, 7) is 11.2. The van der Waals surface area contributed by atoms with Crippen LogP contribution in [-0.4, -0.2) is 61.9 Å². The van der Waals surface area contributed by atoms with E-state index in [-0.39, 0.29) is 12.1 Å². The molecular weight excluding hydrogens is 272 g/mol. The van der Waals surface area contributed by atoms with E-state index in [1.807, 2.05) is 34.6 Å². The van der Waals surface area contributed by atoms with Gasteiger partial charge >= 0.3 is 6.09 Å². The number of amides is 1. The van der Waals surface area contributed by atoms with Crippen molar-refractivity contribution in [3.05, 3.63) is 0 Å². The van der Waals surface area contributed by atoms with E-state index in [1.165, 1.54) is 0 Å². The third-order valence-electron chi connectivity index (χ3n) is 2.31. The molecule has 7 nitrogen and oxygen atoms in total. The average Bonchev–Trinajstić information content (AvgIpc) is 2.30. The number of carbonyl (C=O) groups excluding carboxylic acids is 1. The van der Waals surface area contributed by atoms with Crippen LogP contribution in [0.4, 0.5) is 4.79 Å². The van der Waals surface area contributed by atoms with Crippen LogP contribution in [0.15, 0.2) is 4.99 Å². The maximum Gasteiger partial charge on any atom is 0.410 e. The molecule has 21 heavy (non-hydrogen) atoms. The molecule has 124 valence electrons. The van der Waals surface area contributed by atoms with E-state index in [4.69, 9.17) is 15.2 Å². The minimum atomic E-state index is -0.524. The Morgan fingerprint density at radius 2 is 1.95 bits per heavy atom. The number of hydrogen-bond acceptors (Lipinski definition) is 4. The van der Waals surface area contributed by atoms with Crippen LogP contribution in [-0.2, 0) is 9.47 Å². The van der Waals surface area contributed by atoms with E-state index in [1.54, 1.807) is 12.0 Å². The van der Waals surface area contributed by atoms with Crippen LogP contribution >= 0.6 is 0 Å². The molecule has 1 amide bonds. The molecule has 0 aromatic rings. The normalized spacial score (nSPS) is 12.4. The topological polar surface area (TPSA) is 89.2 Å². The summed E-state index contributed by atoms with van der Waals surface area (Å²) in [5.41, 5.74) is 5.19. The maximum atomic E-state index is 12.1. The van der Waals surface area contributed by atoms with Crippen molar-refractivity contribution in [3.63, 3.8) is 0 Å². The van der Waals surface area contributed by atoms with Crippen LogP contribution in [0.2, 0.25) is 0 Å². The monoisotopic (exact) mass is 302 g/mol. The van der Waals surface area contributed by atoms with E-state index in [0.717, 1.165) is 0 Å². The quantitative estimate of drug-likeness (QED) is 0.544. The van der Waals surface area contributed by atoms with Gasteiger partial charge in [0.05, 0.1) is 13.2 Å². The maximum absolute atomic E-state index is 12.1. The molecule has 0 aliphatic rings. The van der Waals surface area contributed by atoms with Crippen molar-refractivity contribution in [3.8, 4) is 0 Å². The van der Waals surface area contributed by atoms with Gasteiger partial charge in [-0.3, -0.25) is 4.99 Å². The van der Waals surface area contributed by atoms with Crippen LogP contribution in [0, 0.1) is 0 Å². The Kier molecular flexibility index (Phi) is 8.76. The minimum Gasteiger partial charge on any atom is -0.444 e. The third-order valence-corrected chi connectivity index (χ3v) is 2.31. The predicted octanol–water partition coefficient (Wildman–Crippen LogP) is 1.18. The molecule has 0 heterocycles. The smallest absolute Gasteiger partial charge is 0.410 e. The van der Waals surface area contributed by atoms with Gasteiger partial charge in [-0.1, -0.05) is 0 Å². The first-order valence-electron chi connectivity index (χ1n) is 7.19. The second-order valence-corrected chi connectivity index (χ2v) is 6.03. The van der Waals surface area contributed by atoms with E-state index < -0.39 is 5.60 Å². The fourth-order valence-electron chi connectivity index (χ4n) is 1.45. The predicted molar refractivity (Wildman–Crippen MR) is 84.4 cm³/mol. The van der Waals surface area contributed by atoms with E-state index >= 15 is 0 Å². The highest BCUT2D eigenvalue weighted by Crippen LogP contribution is 2.09. The van der Waals surface area contributed by atoms with Gasteiger partial charge in [0, 0.05) is 26.2 Å². The fraction of sp³-hybridized carbons (Fsp3) is 0.857. The molecule has 7 heteroatoms. The summed E-state index contributed by atoms with van der Waals surface area (Å²) in [6, 6.07) is 0.226. The molecule has 0 bridgehead atoms. The number of guanidine groups is 1. The molecule has 0 rings (SSSR count). The Bertz CT molecular complexity index is 338. The van der Waals surface area contributed by atoms with Crippen LogP contribution < -0.4 is 11.1 Å². The van der Waals surface area contributed by atoms with Crippen molar-refractivity contribution < 1.29 is 14.3 Å². The lowest BCUT2D eigenvalue weighted by Gasteiger charge is -2.26. The number of methoxy groups -OCH3 is 1. The molecule has 0 spiro atoms. The lowest BCUT2D eigenvalue weighted by molar-refractivity contribution is 0.0208. The highest BCUT2D eigenvalue weighted by Gasteiger charge is 2.21. The summed E-state index contributed by atoms with van der Waals surface area (Å²) >= 11 is 0. The standard InChI is InChI=1S/C14H30N4O3/c1-11(2)17-12(15)16-7-8-18(9-10-20-6)13(19)21-14(3,4)5/h11H,7-10H2,1-6H3,(H3,15,16,17).